The van der Waals surface area contributed by atoms with Crippen molar-refractivity contribution in [3.63, 3.8) is 0 Å². The summed E-state index contributed by atoms with van der Waals surface area (Å²) in [6, 6.07) is 6.10. The molecule has 1 aliphatic rings. The van der Waals surface area contributed by atoms with E-state index in [0.717, 1.165) is 37.7 Å². The highest BCUT2D eigenvalue weighted by Gasteiger charge is 2.21. The molecule has 118 valence electrons. The van der Waals surface area contributed by atoms with E-state index >= 15 is 0 Å². The molecule has 0 aliphatic carbocycles. The molecule has 1 atom stereocenters. The predicted octanol–water partition coefficient (Wildman–Crippen LogP) is 3.04. The minimum atomic E-state index is 0.121. The monoisotopic (exact) mass is 318 g/mol. The van der Waals surface area contributed by atoms with Gasteiger partial charge in [0.2, 0.25) is 0 Å². The normalized spacial score (nSPS) is 19.3. The number of morpholine rings is 1. The lowest BCUT2D eigenvalue weighted by molar-refractivity contribution is -0.0502. The highest BCUT2D eigenvalue weighted by Crippen LogP contribution is 2.19. The van der Waals surface area contributed by atoms with Crippen LogP contribution in [0.25, 0.3) is 0 Å². The van der Waals surface area contributed by atoms with Crippen molar-refractivity contribution < 1.29 is 9.47 Å². The Kier molecular flexibility index (Phi) is 5.08. The maximum absolute atomic E-state index is 5.82. The van der Waals surface area contributed by atoms with Crippen molar-refractivity contribution in [3.8, 4) is 5.75 Å². The summed E-state index contributed by atoms with van der Waals surface area (Å²) in [5.74, 6) is 0.806. The van der Waals surface area contributed by atoms with Crippen LogP contribution in [-0.4, -0.2) is 42.3 Å². The third kappa shape index (κ3) is 4.06. The van der Waals surface area contributed by atoms with Crippen LogP contribution < -0.4 is 4.74 Å². The Morgan fingerprint density at radius 2 is 2.27 bits per heavy atom. The van der Waals surface area contributed by atoms with Gasteiger partial charge in [-0.2, -0.15) is 0 Å². The average molecular weight is 318 g/mol. The van der Waals surface area contributed by atoms with Gasteiger partial charge in [0.05, 0.1) is 12.8 Å². The van der Waals surface area contributed by atoms with Crippen molar-refractivity contribution in [2.24, 2.45) is 0 Å². The quantitative estimate of drug-likeness (QED) is 0.849. The lowest BCUT2D eigenvalue weighted by Gasteiger charge is -2.32. The standard InChI is InChI=1S/C17H22N2O2S/c1-13-5-8-22-17(13)11-19-6-7-20-16(10-19)12-21-15-4-3-14(2)18-9-15/h3-5,8-9,16H,6-7,10-12H2,1-2H3. The number of nitrogens with zero attached hydrogens (tertiary/aromatic N) is 2. The Labute approximate surface area is 135 Å². The molecule has 4 nitrogen and oxygen atoms in total. The molecule has 1 unspecified atom stereocenters. The molecule has 3 heterocycles. The summed E-state index contributed by atoms with van der Waals surface area (Å²) in [5.41, 5.74) is 2.38. The molecule has 2 aromatic rings. The predicted molar refractivity (Wildman–Crippen MR) is 88.5 cm³/mol. The first-order valence-electron chi connectivity index (χ1n) is 7.63. The summed E-state index contributed by atoms with van der Waals surface area (Å²) in [6.07, 6.45) is 1.89. The van der Waals surface area contributed by atoms with Gasteiger partial charge in [0, 0.05) is 30.2 Å². The second-order valence-electron chi connectivity index (χ2n) is 5.70. The van der Waals surface area contributed by atoms with Crippen molar-refractivity contribution in [2.45, 2.75) is 26.5 Å². The van der Waals surface area contributed by atoms with Crippen LogP contribution in [0.2, 0.25) is 0 Å². The third-order valence-electron chi connectivity index (χ3n) is 3.88. The van der Waals surface area contributed by atoms with Crippen LogP contribution in [0.4, 0.5) is 0 Å². The molecule has 3 rings (SSSR count). The van der Waals surface area contributed by atoms with Gasteiger partial charge in [-0.25, -0.2) is 0 Å². The molecule has 0 N–H and O–H groups in total. The van der Waals surface area contributed by atoms with E-state index in [1.54, 1.807) is 6.20 Å². The molecule has 1 aliphatic heterocycles. The Bertz CT molecular complexity index is 597. The Morgan fingerprint density at radius 3 is 3.00 bits per heavy atom. The molecule has 0 spiro atoms. The fourth-order valence-corrected chi connectivity index (χ4v) is 3.47. The summed E-state index contributed by atoms with van der Waals surface area (Å²) in [6.45, 7) is 8.40. The van der Waals surface area contributed by atoms with Crippen LogP contribution in [0.3, 0.4) is 0 Å². The van der Waals surface area contributed by atoms with E-state index in [4.69, 9.17) is 9.47 Å². The van der Waals surface area contributed by atoms with Gasteiger partial charge in [-0.05, 0) is 43.0 Å². The number of hydrogen-bond donors (Lipinski definition) is 0. The first kappa shape index (κ1) is 15.5. The summed E-state index contributed by atoms with van der Waals surface area (Å²) in [5, 5.41) is 2.16. The number of hydrogen-bond acceptors (Lipinski definition) is 5. The van der Waals surface area contributed by atoms with E-state index in [-0.39, 0.29) is 6.10 Å². The second-order valence-corrected chi connectivity index (χ2v) is 6.70. The fourth-order valence-electron chi connectivity index (χ4n) is 2.52. The summed E-state index contributed by atoms with van der Waals surface area (Å²) in [4.78, 5) is 8.14. The number of rotatable bonds is 5. The molecular weight excluding hydrogens is 296 g/mol. The van der Waals surface area contributed by atoms with Crippen LogP contribution in [-0.2, 0) is 11.3 Å². The van der Waals surface area contributed by atoms with Crippen molar-refractivity contribution in [3.05, 3.63) is 45.9 Å². The molecule has 0 bridgehead atoms. The maximum atomic E-state index is 5.82. The van der Waals surface area contributed by atoms with E-state index in [2.05, 4.69) is 28.3 Å². The first-order chi connectivity index (χ1) is 10.7. The molecule has 0 amide bonds. The lowest BCUT2D eigenvalue weighted by Crippen LogP contribution is -2.44. The molecule has 22 heavy (non-hydrogen) atoms. The third-order valence-corrected chi connectivity index (χ3v) is 4.89. The van der Waals surface area contributed by atoms with Gasteiger partial charge in [-0.15, -0.1) is 11.3 Å². The van der Waals surface area contributed by atoms with Gasteiger partial charge in [0.25, 0.3) is 0 Å². The smallest absolute Gasteiger partial charge is 0.137 e. The minimum Gasteiger partial charge on any atom is -0.489 e. The van der Waals surface area contributed by atoms with Crippen LogP contribution in [0, 0.1) is 13.8 Å². The van der Waals surface area contributed by atoms with Crippen molar-refractivity contribution >= 4 is 11.3 Å². The van der Waals surface area contributed by atoms with Gasteiger partial charge in [-0.3, -0.25) is 9.88 Å². The topological polar surface area (TPSA) is 34.6 Å². The summed E-state index contributed by atoms with van der Waals surface area (Å²) >= 11 is 1.83. The minimum absolute atomic E-state index is 0.121. The van der Waals surface area contributed by atoms with E-state index < -0.39 is 0 Å². The van der Waals surface area contributed by atoms with Crippen molar-refractivity contribution in [2.75, 3.05) is 26.3 Å². The number of thiophene rings is 1. The van der Waals surface area contributed by atoms with Crippen LogP contribution in [0.1, 0.15) is 16.1 Å². The molecule has 0 aromatic carbocycles. The summed E-state index contributed by atoms with van der Waals surface area (Å²) < 4.78 is 11.6. The van der Waals surface area contributed by atoms with Gasteiger partial charge in [0.1, 0.15) is 18.5 Å². The molecule has 0 saturated carbocycles. The second kappa shape index (κ2) is 7.22. The van der Waals surface area contributed by atoms with Gasteiger partial charge in [-0.1, -0.05) is 0 Å². The summed E-state index contributed by atoms with van der Waals surface area (Å²) in [7, 11) is 0. The van der Waals surface area contributed by atoms with E-state index in [0.29, 0.717) is 6.61 Å². The number of ether oxygens (including phenoxy) is 2. The molecule has 1 fully saturated rings. The Hall–Kier alpha value is -1.43. The van der Waals surface area contributed by atoms with Crippen LogP contribution in [0.15, 0.2) is 29.8 Å². The van der Waals surface area contributed by atoms with Crippen molar-refractivity contribution in [1.82, 2.24) is 9.88 Å². The van der Waals surface area contributed by atoms with Gasteiger partial charge < -0.3 is 9.47 Å². The largest absolute Gasteiger partial charge is 0.489 e. The average Bonchev–Trinajstić information content (AvgIpc) is 2.92. The van der Waals surface area contributed by atoms with E-state index in [1.807, 2.05) is 30.4 Å². The zero-order chi connectivity index (χ0) is 15.4. The van der Waals surface area contributed by atoms with Gasteiger partial charge >= 0.3 is 0 Å². The van der Waals surface area contributed by atoms with Crippen LogP contribution in [0.5, 0.6) is 5.75 Å². The van der Waals surface area contributed by atoms with Crippen LogP contribution >= 0.6 is 11.3 Å². The lowest BCUT2D eigenvalue weighted by atomic mass is 10.2. The number of aromatic nitrogens is 1. The fraction of sp³-hybridized carbons (Fsp3) is 0.471. The molecular formula is C17H22N2O2S. The van der Waals surface area contributed by atoms with Gasteiger partial charge in [0.15, 0.2) is 0 Å². The molecule has 1 saturated heterocycles. The SMILES string of the molecule is Cc1ccc(OCC2CN(Cc3sccc3C)CCO2)cn1. The van der Waals surface area contributed by atoms with E-state index in [1.165, 1.54) is 10.4 Å². The van der Waals surface area contributed by atoms with E-state index in [9.17, 15) is 0 Å². The first-order valence-corrected chi connectivity index (χ1v) is 8.51. The Balaban J connectivity index is 1.50. The zero-order valence-corrected chi connectivity index (χ0v) is 13.9. The Morgan fingerprint density at radius 1 is 1.36 bits per heavy atom. The molecule has 5 heteroatoms. The molecule has 2 aromatic heterocycles. The molecule has 0 radical (unpaired) electrons. The number of aryl methyl sites for hydroxylation is 2. The zero-order valence-electron chi connectivity index (χ0n) is 13.1. The van der Waals surface area contributed by atoms with Crippen molar-refractivity contribution in [1.29, 1.82) is 0 Å². The highest BCUT2D eigenvalue weighted by atomic mass is 32.1. The maximum Gasteiger partial charge on any atom is 0.137 e. The highest BCUT2D eigenvalue weighted by molar-refractivity contribution is 7.10. The number of pyridine rings is 1.